The second-order valence-electron chi connectivity index (χ2n) is 26.8. The Balaban J connectivity index is 0.837. The molecule has 0 unspecified atom stereocenters. The molecule has 8 fully saturated rings. The molecule has 4 aliphatic carbocycles. The highest BCUT2D eigenvalue weighted by Gasteiger charge is 2.60. The summed E-state index contributed by atoms with van der Waals surface area (Å²) in [4.78, 5) is 0. The molecule has 7 aromatic rings. The van der Waals surface area contributed by atoms with Crippen molar-refractivity contribution in [3.8, 4) is 17.2 Å². The first kappa shape index (κ1) is 62.1. The summed E-state index contributed by atoms with van der Waals surface area (Å²) in [5.74, 6) is 2.89. The highest BCUT2D eigenvalue weighted by molar-refractivity contribution is 7.00. The van der Waals surface area contributed by atoms with Crippen LogP contribution in [0.1, 0.15) is 99.7 Å². The number of hydrogen-bond donors (Lipinski definition) is 0. The number of hydrogen-bond acceptors (Lipinski definition) is 14. The molecule has 91 heavy (non-hydrogen) atoms. The van der Waals surface area contributed by atoms with Crippen molar-refractivity contribution in [3.63, 3.8) is 0 Å². The van der Waals surface area contributed by atoms with Crippen molar-refractivity contribution in [1.82, 2.24) is 0 Å². The van der Waals surface area contributed by atoms with Crippen molar-refractivity contribution >= 4 is 18.7 Å². The van der Waals surface area contributed by atoms with Gasteiger partial charge in [0, 0.05) is 11.1 Å². The van der Waals surface area contributed by atoms with Gasteiger partial charge in [0.15, 0.2) is 31.0 Å². The van der Waals surface area contributed by atoms with E-state index in [1.54, 1.807) is 20.3 Å². The van der Waals surface area contributed by atoms with E-state index in [2.05, 4.69) is 45.0 Å². The number of benzene rings is 7. The first-order chi connectivity index (χ1) is 44.4. The van der Waals surface area contributed by atoms with E-state index >= 15 is 4.39 Å². The quantitative estimate of drug-likeness (QED) is 0.0633. The molecule has 0 N–H and O–H groups in total. The topological polar surface area (TPSA) is 129 Å². The minimum Gasteiger partial charge on any atom is -0.532 e. The summed E-state index contributed by atoms with van der Waals surface area (Å²) >= 11 is 0. The lowest BCUT2D eigenvalue weighted by molar-refractivity contribution is -0.420. The van der Waals surface area contributed by atoms with Gasteiger partial charge in [-0.2, -0.15) is 0 Å². The van der Waals surface area contributed by atoms with Gasteiger partial charge in [-0.1, -0.05) is 172 Å². The van der Waals surface area contributed by atoms with Gasteiger partial charge in [-0.15, -0.1) is 0 Å². The molecule has 4 saturated heterocycles. The Hall–Kier alpha value is -6.35. The molecular formula is C75H83FO14Si. The molecule has 8 aliphatic rings. The average molecular weight is 1260 g/mol. The van der Waals surface area contributed by atoms with Crippen LogP contribution in [0, 0.1) is 23.6 Å². The van der Waals surface area contributed by atoms with Gasteiger partial charge in [-0.3, -0.25) is 0 Å². The standard InChI is InChI=1S/C75H83FO14Si/c1-74(2,3)91(58-22-14-8-15-23-58,59-24-16-9-17-25-59)90-61-35-30-50(39-60(61)76)45-79-66-64-62(46-82-70(86-64)54-18-10-6-11-19-54)84-72(68(66)80-43-48-26-31-56(77-4)32-27-48)88-67-65-63(47-83-71(87-65)55-20-12-7-13-21-55)85-73(69(67)81-44-49-28-33-57(78-5)34-29-49)89-75-40-51-36-52(41-75)38-53(37-51)42-75/h6-35,39,51-53,62-73H,36-38,40-47H2,1-5H3/t51?,52?,53?,62-,63-,64-,65-,66+,67+,68+,69+,70-,71-,72+,73+,75?/m1/s1. The maximum absolute atomic E-state index is 17.3. The van der Waals surface area contributed by atoms with E-state index in [9.17, 15) is 0 Å². The second-order valence-corrected chi connectivity index (χ2v) is 31.0. The molecule has 0 amide bonds. The molecule has 4 aliphatic heterocycles. The molecule has 16 heteroatoms. The van der Waals surface area contributed by atoms with E-state index in [1.165, 1.54) is 25.3 Å². The second kappa shape index (κ2) is 26.9. The van der Waals surface area contributed by atoms with Crippen LogP contribution in [-0.4, -0.2) is 103 Å². The number of ether oxygens (including phenoxy) is 13. The molecule has 478 valence electrons. The average Bonchev–Trinajstić information content (AvgIpc) is 0.780. The third-order valence-corrected chi connectivity index (χ3v) is 24.6. The van der Waals surface area contributed by atoms with Gasteiger partial charge in [0.1, 0.15) is 66.1 Å². The third-order valence-electron chi connectivity index (χ3n) is 19.7. The Morgan fingerprint density at radius 2 is 0.912 bits per heavy atom. The van der Waals surface area contributed by atoms with Gasteiger partial charge in [0.2, 0.25) is 0 Å². The normalized spacial score (nSPS) is 31.1. The Morgan fingerprint density at radius 3 is 1.38 bits per heavy atom. The molecule has 7 aromatic carbocycles. The van der Waals surface area contributed by atoms with Crippen LogP contribution in [0.5, 0.6) is 17.2 Å². The molecule has 12 atom stereocenters. The van der Waals surface area contributed by atoms with Crippen LogP contribution in [-0.2, 0) is 71.9 Å². The number of halogens is 1. The molecule has 4 heterocycles. The van der Waals surface area contributed by atoms with Gasteiger partial charge in [-0.25, -0.2) is 4.39 Å². The van der Waals surface area contributed by atoms with Crippen LogP contribution in [0.25, 0.3) is 0 Å². The van der Waals surface area contributed by atoms with Crippen LogP contribution in [0.4, 0.5) is 4.39 Å². The van der Waals surface area contributed by atoms with Crippen LogP contribution >= 0.6 is 0 Å². The van der Waals surface area contributed by atoms with E-state index in [0.717, 1.165) is 57.6 Å². The minimum absolute atomic E-state index is 0.0462. The van der Waals surface area contributed by atoms with Gasteiger partial charge < -0.3 is 66.0 Å². The van der Waals surface area contributed by atoms with E-state index in [1.807, 2.05) is 152 Å². The Labute approximate surface area is 534 Å². The van der Waals surface area contributed by atoms with Crippen LogP contribution < -0.4 is 24.3 Å². The van der Waals surface area contributed by atoms with Gasteiger partial charge in [0.05, 0.1) is 52.9 Å². The first-order valence-corrected chi connectivity index (χ1v) is 34.3. The predicted molar refractivity (Wildman–Crippen MR) is 341 cm³/mol. The summed E-state index contributed by atoms with van der Waals surface area (Å²) in [6.45, 7) is 7.10. The Bertz CT molecular complexity index is 3410. The maximum Gasteiger partial charge on any atom is 0.320 e. The van der Waals surface area contributed by atoms with Crippen molar-refractivity contribution in [2.45, 2.75) is 164 Å². The van der Waals surface area contributed by atoms with Crippen LogP contribution in [0.3, 0.4) is 0 Å². The fourth-order valence-corrected chi connectivity index (χ4v) is 20.1. The largest absolute Gasteiger partial charge is 0.532 e. The van der Waals surface area contributed by atoms with Gasteiger partial charge >= 0.3 is 8.32 Å². The lowest BCUT2D eigenvalue weighted by Gasteiger charge is -2.58. The molecular weight excluding hydrogens is 1170 g/mol. The molecule has 4 saturated carbocycles. The fourth-order valence-electron chi connectivity index (χ4n) is 15.7. The van der Waals surface area contributed by atoms with Crippen LogP contribution in [0.2, 0.25) is 5.04 Å². The summed E-state index contributed by atoms with van der Waals surface area (Å²) in [7, 11) is 0.0972. The maximum atomic E-state index is 17.3. The predicted octanol–water partition coefficient (Wildman–Crippen LogP) is 12.9. The molecule has 0 aromatic heterocycles. The Kier molecular flexibility index (Phi) is 18.4. The van der Waals surface area contributed by atoms with Crippen molar-refractivity contribution < 1.29 is 70.4 Å². The SMILES string of the molecule is COc1ccc(CO[C@@H]2[C@H](O[C@@H]3[C@H](OCc4ccc(OC)cc4)[C@H](OC45CC6CC(CC(C6)C4)C5)O[C@@H]4CO[C@@H](c5ccccc5)O[C@@H]34)O[C@@H]3CO[C@@H](c4ccccc4)O[C@H]3[C@@H]2OCc2ccc(O[Si](c3ccccc3)(c3ccccc3)C(C)(C)C)c(F)c2)cc1. The van der Waals surface area contributed by atoms with E-state index < -0.39 is 98.8 Å². The number of fused-ring (bicyclic) bond motifs is 2. The van der Waals surface area contributed by atoms with Crippen molar-refractivity contribution in [2.75, 3.05) is 27.4 Å². The van der Waals surface area contributed by atoms with E-state index in [4.69, 9.17) is 66.0 Å². The summed E-state index contributed by atoms with van der Waals surface area (Å²) in [6, 6.07) is 60.8. The molecule has 14 nitrogen and oxygen atoms in total. The highest BCUT2D eigenvalue weighted by atomic mass is 28.4. The number of methoxy groups -OCH3 is 2. The lowest BCUT2D eigenvalue weighted by Crippen LogP contribution is -2.69. The summed E-state index contributed by atoms with van der Waals surface area (Å²) in [6.07, 6.45) is -3.62. The summed E-state index contributed by atoms with van der Waals surface area (Å²) in [5, 5.41) is 1.67. The zero-order chi connectivity index (χ0) is 62.1. The van der Waals surface area contributed by atoms with Crippen molar-refractivity contribution in [2.24, 2.45) is 17.8 Å². The van der Waals surface area contributed by atoms with E-state index in [-0.39, 0.29) is 38.8 Å². The fraction of sp³-hybridized carbons (Fsp3) is 0.440. The lowest BCUT2D eigenvalue weighted by atomic mass is 9.54. The highest BCUT2D eigenvalue weighted by Crippen LogP contribution is 2.58. The monoisotopic (exact) mass is 1250 g/mol. The zero-order valence-electron chi connectivity index (χ0n) is 52.4. The Morgan fingerprint density at radius 1 is 0.484 bits per heavy atom. The van der Waals surface area contributed by atoms with Crippen molar-refractivity contribution in [3.05, 3.63) is 222 Å². The molecule has 15 rings (SSSR count). The van der Waals surface area contributed by atoms with Crippen LogP contribution in [0.15, 0.2) is 188 Å². The number of rotatable bonds is 21. The van der Waals surface area contributed by atoms with E-state index in [0.29, 0.717) is 29.1 Å². The molecule has 0 radical (unpaired) electrons. The summed E-state index contributed by atoms with van der Waals surface area (Å²) < 4.78 is 114. The van der Waals surface area contributed by atoms with Gasteiger partial charge in [-0.05, 0) is 125 Å². The molecule has 0 spiro atoms. The molecule has 4 bridgehead atoms. The zero-order valence-corrected chi connectivity index (χ0v) is 53.4. The smallest absolute Gasteiger partial charge is 0.320 e. The van der Waals surface area contributed by atoms with Gasteiger partial charge in [0.25, 0.3) is 0 Å². The van der Waals surface area contributed by atoms with Crippen molar-refractivity contribution in [1.29, 1.82) is 0 Å². The minimum atomic E-state index is -3.20. The first-order valence-electron chi connectivity index (χ1n) is 32.4. The third kappa shape index (κ3) is 13.2. The summed E-state index contributed by atoms with van der Waals surface area (Å²) in [5.41, 5.74) is 3.63.